The molecule has 0 radical (unpaired) electrons. The van der Waals surface area contributed by atoms with E-state index in [1.165, 1.54) is 24.3 Å². The van der Waals surface area contributed by atoms with E-state index in [0.717, 1.165) is 4.90 Å². The predicted molar refractivity (Wildman–Crippen MR) is 121 cm³/mol. The van der Waals surface area contributed by atoms with E-state index < -0.39 is 22.0 Å². The summed E-state index contributed by atoms with van der Waals surface area (Å²) in [7, 11) is 0. The van der Waals surface area contributed by atoms with Gasteiger partial charge in [0, 0.05) is 24.2 Å². The maximum absolute atomic E-state index is 12.5. The van der Waals surface area contributed by atoms with E-state index in [2.05, 4.69) is 5.32 Å². The average molecular weight is 496 g/mol. The van der Waals surface area contributed by atoms with Gasteiger partial charge in [0.15, 0.2) is 6.61 Å². The molecule has 0 aliphatic carbocycles. The number of rotatable bonds is 8. The summed E-state index contributed by atoms with van der Waals surface area (Å²) in [6.07, 6.45) is 1.38. The fraction of sp³-hybridized carbons (Fsp3) is 0.150. The van der Waals surface area contributed by atoms with E-state index >= 15 is 0 Å². The number of carbonyl (C=O) groups is 3. The highest BCUT2D eigenvalue weighted by atomic mass is 35.5. The van der Waals surface area contributed by atoms with Crippen LogP contribution in [0, 0.1) is 10.1 Å². The number of benzene rings is 2. The molecule has 0 bridgehead atoms. The normalized spacial score (nSPS) is 14.7. The number of carbonyl (C=O) groups excluding carboxylic acids is 3. The summed E-state index contributed by atoms with van der Waals surface area (Å²) < 4.78 is 5.32. The third kappa shape index (κ3) is 6.00. The smallest absolute Gasteiger partial charge is 0.293 e. The molecule has 0 saturated carbocycles. The second-order valence-electron chi connectivity index (χ2n) is 6.39. The summed E-state index contributed by atoms with van der Waals surface area (Å²) in [5.41, 5.74) is 0.0578. The second-order valence-corrected chi connectivity index (χ2v) is 8.23. The van der Waals surface area contributed by atoms with Gasteiger partial charge in [0.1, 0.15) is 10.8 Å². The highest BCUT2D eigenvalue weighted by Gasteiger charge is 2.34. The topological polar surface area (TPSA) is 119 Å². The minimum Gasteiger partial charge on any atom is -0.484 e. The third-order valence-corrected chi connectivity index (χ3v) is 5.66. The van der Waals surface area contributed by atoms with Crippen molar-refractivity contribution in [2.24, 2.45) is 0 Å². The van der Waals surface area contributed by atoms with Crippen molar-refractivity contribution in [3.05, 3.63) is 73.1 Å². The molecule has 1 heterocycles. The van der Waals surface area contributed by atoms with E-state index in [1.807, 2.05) is 0 Å². The zero-order chi connectivity index (χ0) is 23.3. The number of nitrogens with one attached hydrogen (secondary N) is 1. The maximum Gasteiger partial charge on any atom is 0.293 e. The van der Waals surface area contributed by atoms with Crippen LogP contribution in [0.3, 0.4) is 0 Å². The van der Waals surface area contributed by atoms with Crippen LogP contribution in [-0.2, 0) is 9.59 Å². The van der Waals surface area contributed by atoms with Crippen LogP contribution in [0.2, 0.25) is 10.0 Å². The maximum atomic E-state index is 12.5. The van der Waals surface area contributed by atoms with Crippen LogP contribution in [0.15, 0.2) is 47.4 Å². The highest BCUT2D eigenvalue weighted by molar-refractivity contribution is 8.18. The van der Waals surface area contributed by atoms with E-state index in [4.69, 9.17) is 27.9 Å². The number of hydrogen-bond donors (Lipinski definition) is 1. The number of nitro benzene ring substituents is 1. The molecule has 1 saturated heterocycles. The van der Waals surface area contributed by atoms with Crippen LogP contribution in [-0.4, -0.2) is 46.6 Å². The van der Waals surface area contributed by atoms with Crippen molar-refractivity contribution in [2.75, 3.05) is 19.7 Å². The molecule has 1 aliphatic rings. The lowest BCUT2D eigenvalue weighted by Crippen LogP contribution is -2.38. The molecule has 1 N–H and O–H groups in total. The molecule has 2 aromatic rings. The Balaban J connectivity index is 1.53. The highest BCUT2D eigenvalue weighted by Crippen LogP contribution is 2.33. The average Bonchev–Trinajstić information content (AvgIpc) is 3.01. The van der Waals surface area contributed by atoms with Gasteiger partial charge in [0.05, 0.1) is 9.83 Å². The van der Waals surface area contributed by atoms with Crippen LogP contribution >= 0.6 is 35.0 Å². The second kappa shape index (κ2) is 10.5. The van der Waals surface area contributed by atoms with E-state index in [0.29, 0.717) is 28.1 Å². The number of thioether (sulfide) groups is 1. The van der Waals surface area contributed by atoms with Crippen molar-refractivity contribution in [2.45, 2.75) is 0 Å². The first-order valence-electron chi connectivity index (χ1n) is 9.09. The van der Waals surface area contributed by atoms with Crippen molar-refractivity contribution in [1.29, 1.82) is 0 Å². The Labute approximate surface area is 196 Å². The number of halogens is 2. The van der Waals surface area contributed by atoms with Gasteiger partial charge in [-0.05, 0) is 53.7 Å². The monoisotopic (exact) mass is 495 g/mol. The molecular weight excluding hydrogens is 481 g/mol. The SMILES string of the molecule is O=C(COc1ccc(Cl)cc1)NCCN1C(=O)S/C(=C\c2ccc(Cl)c([N+](=O)[O-])c2)C1=O. The number of hydrogen-bond acceptors (Lipinski definition) is 7. The van der Waals surface area contributed by atoms with Gasteiger partial charge < -0.3 is 10.1 Å². The van der Waals surface area contributed by atoms with Crippen LogP contribution < -0.4 is 10.1 Å². The zero-order valence-electron chi connectivity index (χ0n) is 16.2. The van der Waals surface area contributed by atoms with E-state index in [1.54, 1.807) is 24.3 Å². The zero-order valence-corrected chi connectivity index (χ0v) is 18.6. The number of nitro groups is 1. The van der Waals surface area contributed by atoms with Crippen molar-refractivity contribution in [3.63, 3.8) is 0 Å². The van der Waals surface area contributed by atoms with Gasteiger partial charge in [-0.1, -0.05) is 29.3 Å². The van der Waals surface area contributed by atoms with Gasteiger partial charge in [-0.2, -0.15) is 0 Å². The molecule has 0 unspecified atom stereocenters. The van der Waals surface area contributed by atoms with Gasteiger partial charge in [-0.3, -0.25) is 29.4 Å². The quantitative estimate of drug-likeness (QED) is 0.332. The fourth-order valence-corrected chi connectivity index (χ4v) is 3.82. The van der Waals surface area contributed by atoms with Gasteiger partial charge in [0.2, 0.25) is 0 Å². The van der Waals surface area contributed by atoms with E-state index in [9.17, 15) is 24.5 Å². The Kier molecular flexibility index (Phi) is 7.73. The van der Waals surface area contributed by atoms with Crippen molar-refractivity contribution in [1.82, 2.24) is 10.2 Å². The summed E-state index contributed by atoms with van der Waals surface area (Å²) in [6, 6.07) is 10.6. The molecule has 12 heteroatoms. The first kappa shape index (κ1) is 23.6. The van der Waals surface area contributed by atoms with Crippen molar-refractivity contribution < 1.29 is 24.0 Å². The molecule has 0 spiro atoms. The Morgan fingerprint density at radius 3 is 2.59 bits per heavy atom. The van der Waals surface area contributed by atoms with Gasteiger partial charge >= 0.3 is 0 Å². The molecule has 1 fully saturated rings. The number of nitrogens with zero attached hydrogens (tertiary/aromatic N) is 2. The number of ether oxygens (including phenoxy) is 1. The Morgan fingerprint density at radius 2 is 1.91 bits per heavy atom. The minimum atomic E-state index is -0.634. The summed E-state index contributed by atoms with van der Waals surface area (Å²) in [4.78, 5) is 48.1. The van der Waals surface area contributed by atoms with Crippen molar-refractivity contribution in [3.8, 4) is 5.75 Å². The molecule has 3 rings (SSSR count). The Morgan fingerprint density at radius 1 is 1.19 bits per heavy atom. The molecule has 32 heavy (non-hydrogen) atoms. The number of imide groups is 1. The lowest BCUT2D eigenvalue weighted by Gasteiger charge is -2.13. The standard InChI is InChI=1S/C20H15Cl2N3O6S/c21-13-2-4-14(5-3-13)31-11-18(26)23-7-8-24-19(27)17(32-20(24)28)10-12-1-6-15(22)16(9-12)25(29)30/h1-6,9-10H,7-8,11H2,(H,23,26)/b17-10-. The van der Waals surface area contributed by atoms with Crippen LogP contribution in [0.1, 0.15) is 5.56 Å². The summed E-state index contributed by atoms with van der Waals surface area (Å²) >= 11 is 12.3. The van der Waals surface area contributed by atoms with Crippen LogP contribution in [0.25, 0.3) is 6.08 Å². The van der Waals surface area contributed by atoms with Gasteiger partial charge in [-0.15, -0.1) is 0 Å². The predicted octanol–water partition coefficient (Wildman–Crippen LogP) is 4.13. The summed E-state index contributed by atoms with van der Waals surface area (Å²) in [6.45, 7) is -0.227. The first-order valence-corrected chi connectivity index (χ1v) is 10.7. The molecule has 3 amide bonds. The largest absolute Gasteiger partial charge is 0.484 e. The summed E-state index contributed by atoms with van der Waals surface area (Å²) in [5.74, 6) is -0.497. The molecule has 2 aromatic carbocycles. The molecule has 0 aromatic heterocycles. The molecule has 9 nitrogen and oxygen atoms in total. The lowest BCUT2D eigenvalue weighted by atomic mass is 10.2. The van der Waals surface area contributed by atoms with Gasteiger partial charge in [0.25, 0.3) is 22.7 Å². The molecular formula is C20H15Cl2N3O6S. The molecule has 0 atom stereocenters. The lowest BCUT2D eigenvalue weighted by molar-refractivity contribution is -0.384. The van der Waals surface area contributed by atoms with Gasteiger partial charge in [-0.25, -0.2) is 0 Å². The van der Waals surface area contributed by atoms with E-state index in [-0.39, 0.29) is 35.3 Å². The van der Waals surface area contributed by atoms with Crippen LogP contribution in [0.4, 0.5) is 10.5 Å². The number of amides is 3. The summed E-state index contributed by atoms with van der Waals surface area (Å²) in [5, 5.41) is 13.6. The molecule has 1 aliphatic heterocycles. The minimum absolute atomic E-state index is 0.0314. The van der Waals surface area contributed by atoms with Crippen molar-refractivity contribution >= 4 is 63.8 Å². The molecule has 166 valence electrons. The Bertz CT molecular complexity index is 1110. The fourth-order valence-electron chi connectivity index (χ4n) is 2.64. The first-order chi connectivity index (χ1) is 15.2. The third-order valence-electron chi connectivity index (χ3n) is 4.18. The van der Waals surface area contributed by atoms with Crippen LogP contribution in [0.5, 0.6) is 5.75 Å². The Hall–Kier alpha value is -3.08.